The summed E-state index contributed by atoms with van der Waals surface area (Å²) in [5, 5.41) is 14.5. The van der Waals surface area contributed by atoms with Gasteiger partial charge in [-0.2, -0.15) is 0 Å². The minimum absolute atomic E-state index is 0.0942. The van der Waals surface area contributed by atoms with Gasteiger partial charge >= 0.3 is 6.03 Å². The van der Waals surface area contributed by atoms with Crippen LogP contribution in [-0.4, -0.2) is 30.3 Å². The van der Waals surface area contributed by atoms with E-state index in [1.54, 1.807) is 0 Å². The second kappa shape index (κ2) is 5.07. The highest BCUT2D eigenvalue weighted by molar-refractivity contribution is 5.73. The molecular formula is C9H18N2O2. The predicted molar refractivity (Wildman–Crippen MR) is 50.4 cm³/mol. The Morgan fingerprint density at radius 3 is 2.69 bits per heavy atom. The third kappa shape index (κ3) is 3.63. The smallest absolute Gasteiger partial charge is 0.314 e. The van der Waals surface area contributed by atoms with Gasteiger partial charge in [0.2, 0.25) is 0 Å². The molecule has 0 aliphatic heterocycles. The third-order valence-corrected chi connectivity index (χ3v) is 2.30. The first-order valence-electron chi connectivity index (χ1n) is 4.92. The van der Waals surface area contributed by atoms with Gasteiger partial charge in [-0.25, -0.2) is 4.79 Å². The molecule has 0 aromatic heterocycles. The number of carbonyl (C=O) groups is 1. The van der Waals surface area contributed by atoms with E-state index in [4.69, 9.17) is 5.11 Å². The average molecular weight is 186 g/mol. The Bertz CT molecular complexity index is 167. The fourth-order valence-corrected chi connectivity index (χ4v) is 1.41. The molecule has 1 saturated carbocycles. The van der Waals surface area contributed by atoms with Crippen molar-refractivity contribution in [3.8, 4) is 0 Å². The summed E-state index contributed by atoms with van der Waals surface area (Å²) >= 11 is 0. The molecule has 3 N–H and O–H groups in total. The van der Waals surface area contributed by atoms with E-state index in [1.165, 1.54) is 0 Å². The Labute approximate surface area is 78.7 Å². The van der Waals surface area contributed by atoms with Gasteiger partial charge in [-0.1, -0.05) is 6.92 Å². The monoisotopic (exact) mass is 186 g/mol. The van der Waals surface area contributed by atoms with Crippen LogP contribution in [0.3, 0.4) is 0 Å². The predicted octanol–water partition coefficient (Wildman–Crippen LogP) is 0.466. The Morgan fingerprint density at radius 2 is 2.15 bits per heavy atom. The van der Waals surface area contributed by atoms with Crippen LogP contribution in [0.25, 0.3) is 0 Å². The van der Waals surface area contributed by atoms with Gasteiger partial charge in [-0.15, -0.1) is 0 Å². The third-order valence-electron chi connectivity index (χ3n) is 2.30. The van der Waals surface area contributed by atoms with Crippen molar-refractivity contribution in [2.75, 3.05) is 13.1 Å². The van der Waals surface area contributed by atoms with E-state index >= 15 is 0 Å². The van der Waals surface area contributed by atoms with E-state index in [9.17, 15) is 4.79 Å². The summed E-state index contributed by atoms with van der Waals surface area (Å²) in [6, 6.07) is -0.0942. The van der Waals surface area contributed by atoms with Crippen LogP contribution in [0.4, 0.5) is 4.79 Å². The Balaban J connectivity index is 1.96. The van der Waals surface area contributed by atoms with Gasteiger partial charge in [-0.3, -0.25) is 0 Å². The first-order valence-corrected chi connectivity index (χ1v) is 4.92. The maximum absolute atomic E-state index is 11.0. The normalized spacial score (nSPS) is 26.3. The average Bonchev–Trinajstić information content (AvgIpc) is 2.07. The topological polar surface area (TPSA) is 61.4 Å². The summed E-state index contributed by atoms with van der Waals surface area (Å²) < 4.78 is 0. The van der Waals surface area contributed by atoms with Crippen LogP contribution >= 0.6 is 0 Å². The Kier molecular flexibility index (Phi) is 4.02. The molecule has 0 atom stereocenters. The summed E-state index contributed by atoms with van der Waals surface area (Å²) in [5.41, 5.74) is 0. The van der Waals surface area contributed by atoms with Crippen molar-refractivity contribution in [1.29, 1.82) is 0 Å². The number of hydrogen-bond acceptors (Lipinski definition) is 2. The lowest BCUT2D eigenvalue weighted by Gasteiger charge is -2.31. The second-order valence-electron chi connectivity index (χ2n) is 3.63. The van der Waals surface area contributed by atoms with Crippen molar-refractivity contribution in [3.05, 3.63) is 0 Å². The van der Waals surface area contributed by atoms with Gasteiger partial charge in [0.05, 0.1) is 6.10 Å². The van der Waals surface area contributed by atoms with Gasteiger partial charge < -0.3 is 15.7 Å². The SMILES string of the molecule is CCCNC(=O)NCC1CC(O)C1. The van der Waals surface area contributed by atoms with E-state index in [0.717, 1.165) is 25.8 Å². The van der Waals surface area contributed by atoms with Crippen molar-refractivity contribution in [3.63, 3.8) is 0 Å². The molecule has 1 rings (SSSR count). The van der Waals surface area contributed by atoms with Crippen LogP contribution in [0.15, 0.2) is 0 Å². The Morgan fingerprint density at radius 1 is 1.46 bits per heavy atom. The van der Waals surface area contributed by atoms with Crippen molar-refractivity contribution in [1.82, 2.24) is 10.6 Å². The molecule has 1 aliphatic carbocycles. The molecule has 0 unspecified atom stereocenters. The number of hydrogen-bond donors (Lipinski definition) is 3. The summed E-state index contributed by atoms with van der Waals surface area (Å²) in [7, 11) is 0. The highest BCUT2D eigenvalue weighted by Crippen LogP contribution is 2.25. The van der Waals surface area contributed by atoms with Crippen LogP contribution in [0.1, 0.15) is 26.2 Å². The summed E-state index contributed by atoms with van der Waals surface area (Å²) in [5.74, 6) is 0.474. The van der Waals surface area contributed by atoms with E-state index in [1.807, 2.05) is 6.92 Å². The molecule has 0 radical (unpaired) electrons. The minimum Gasteiger partial charge on any atom is -0.393 e. The van der Waals surface area contributed by atoms with Gasteiger partial charge in [0, 0.05) is 13.1 Å². The second-order valence-corrected chi connectivity index (χ2v) is 3.63. The number of aliphatic hydroxyl groups is 1. The maximum atomic E-state index is 11.0. The fraction of sp³-hybridized carbons (Fsp3) is 0.889. The summed E-state index contributed by atoms with van der Waals surface area (Å²) in [4.78, 5) is 11.0. The number of rotatable bonds is 4. The van der Waals surface area contributed by atoms with Crippen LogP contribution < -0.4 is 10.6 Å². The molecule has 2 amide bonds. The van der Waals surface area contributed by atoms with Crippen molar-refractivity contribution in [2.45, 2.75) is 32.3 Å². The maximum Gasteiger partial charge on any atom is 0.314 e. The largest absolute Gasteiger partial charge is 0.393 e. The van der Waals surface area contributed by atoms with Crippen LogP contribution in [0.5, 0.6) is 0 Å². The van der Waals surface area contributed by atoms with Crippen molar-refractivity contribution < 1.29 is 9.90 Å². The zero-order chi connectivity index (χ0) is 9.68. The Hall–Kier alpha value is -0.770. The lowest BCUT2D eigenvalue weighted by molar-refractivity contribution is 0.0441. The number of amides is 2. The lowest BCUT2D eigenvalue weighted by atomic mass is 9.82. The molecule has 0 saturated heterocycles. The molecule has 13 heavy (non-hydrogen) atoms. The molecule has 0 bridgehead atoms. The van der Waals surface area contributed by atoms with Crippen LogP contribution in [-0.2, 0) is 0 Å². The minimum atomic E-state index is -0.134. The van der Waals surface area contributed by atoms with Gasteiger partial charge in [-0.05, 0) is 25.2 Å². The first kappa shape index (κ1) is 10.3. The van der Waals surface area contributed by atoms with E-state index < -0.39 is 0 Å². The van der Waals surface area contributed by atoms with Gasteiger partial charge in [0.25, 0.3) is 0 Å². The quantitative estimate of drug-likeness (QED) is 0.597. The van der Waals surface area contributed by atoms with Crippen LogP contribution in [0, 0.1) is 5.92 Å². The zero-order valence-corrected chi connectivity index (χ0v) is 8.05. The zero-order valence-electron chi connectivity index (χ0n) is 8.05. The molecule has 4 heteroatoms. The van der Waals surface area contributed by atoms with Crippen LogP contribution in [0.2, 0.25) is 0 Å². The van der Waals surface area contributed by atoms with Gasteiger partial charge in [0.15, 0.2) is 0 Å². The van der Waals surface area contributed by atoms with Crippen molar-refractivity contribution in [2.24, 2.45) is 5.92 Å². The first-order chi connectivity index (χ1) is 6.22. The number of aliphatic hydroxyl groups excluding tert-OH is 1. The number of urea groups is 1. The summed E-state index contributed by atoms with van der Waals surface area (Å²) in [6.07, 6.45) is 2.48. The standard InChI is InChI=1S/C9H18N2O2/c1-2-3-10-9(13)11-6-7-4-8(12)5-7/h7-8,12H,2-6H2,1H3,(H2,10,11,13). The molecule has 4 nitrogen and oxygen atoms in total. The van der Waals surface area contributed by atoms with Crippen molar-refractivity contribution >= 4 is 6.03 Å². The molecule has 0 heterocycles. The van der Waals surface area contributed by atoms with E-state index in [2.05, 4.69) is 10.6 Å². The number of nitrogens with one attached hydrogen (secondary N) is 2. The summed E-state index contributed by atoms with van der Waals surface area (Å²) in [6.45, 7) is 3.42. The molecule has 1 aliphatic rings. The molecular weight excluding hydrogens is 168 g/mol. The van der Waals surface area contributed by atoms with E-state index in [-0.39, 0.29) is 12.1 Å². The van der Waals surface area contributed by atoms with E-state index in [0.29, 0.717) is 12.5 Å². The highest BCUT2D eigenvalue weighted by atomic mass is 16.3. The van der Waals surface area contributed by atoms with Gasteiger partial charge in [0.1, 0.15) is 0 Å². The molecule has 76 valence electrons. The molecule has 0 spiro atoms. The molecule has 0 aromatic carbocycles. The highest BCUT2D eigenvalue weighted by Gasteiger charge is 2.26. The fourth-order valence-electron chi connectivity index (χ4n) is 1.41. The number of carbonyl (C=O) groups excluding carboxylic acids is 1. The lowest BCUT2D eigenvalue weighted by Crippen LogP contribution is -2.42. The molecule has 0 aromatic rings. The molecule has 1 fully saturated rings.